The van der Waals surface area contributed by atoms with Gasteiger partial charge in [0.25, 0.3) is 0 Å². The quantitative estimate of drug-likeness (QED) is 0.512. The lowest BCUT2D eigenvalue weighted by atomic mass is 10.2. The Hall–Kier alpha value is -0.780. The molecule has 0 bridgehead atoms. The number of hydrogen-bond donors (Lipinski definition) is 2. The Morgan fingerprint density at radius 1 is 1.53 bits per heavy atom. The molecule has 0 fully saturated rings. The lowest BCUT2D eigenvalue weighted by Gasteiger charge is -2.06. The number of nitrogens with one attached hydrogen (secondary N) is 1. The zero-order chi connectivity index (χ0) is 11.3. The minimum Gasteiger partial charge on any atom is -0.370 e. The van der Waals surface area contributed by atoms with Crippen molar-refractivity contribution in [3.63, 3.8) is 0 Å². The summed E-state index contributed by atoms with van der Waals surface area (Å²) in [4.78, 5) is 4.23. The zero-order valence-corrected chi connectivity index (χ0v) is 11.2. The van der Waals surface area contributed by atoms with Crippen LogP contribution in [0.1, 0.15) is 13.8 Å². The number of benzene rings is 1. The van der Waals surface area contributed by atoms with Crippen LogP contribution < -0.4 is 11.1 Å². The summed E-state index contributed by atoms with van der Waals surface area (Å²) in [7, 11) is 0. The van der Waals surface area contributed by atoms with Crippen molar-refractivity contribution >= 4 is 34.2 Å². The van der Waals surface area contributed by atoms with Crippen molar-refractivity contribution in [2.75, 3.05) is 11.9 Å². The minimum absolute atomic E-state index is 0.478. The van der Waals surface area contributed by atoms with Gasteiger partial charge in [0, 0.05) is 15.8 Å². The third kappa shape index (κ3) is 5.01. The molecule has 0 aliphatic heterocycles. The number of anilines is 1. The van der Waals surface area contributed by atoms with Gasteiger partial charge in [-0.3, -0.25) is 4.99 Å². The molecular formula is C11H16IN3. The summed E-state index contributed by atoms with van der Waals surface area (Å²) in [6.07, 6.45) is 0. The Balaban J connectivity index is 2.58. The highest BCUT2D eigenvalue weighted by Crippen LogP contribution is 2.11. The van der Waals surface area contributed by atoms with Gasteiger partial charge in [-0.1, -0.05) is 19.9 Å². The lowest BCUT2D eigenvalue weighted by molar-refractivity contribution is 0.665. The Morgan fingerprint density at radius 3 is 2.87 bits per heavy atom. The van der Waals surface area contributed by atoms with Gasteiger partial charge in [-0.15, -0.1) is 0 Å². The van der Waals surface area contributed by atoms with Crippen LogP contribution >= 0.6 is 22.6 Å². The second-order valence-corrected chi connectivity index (χ2v) is 5.00. The first-order valence-electron chi connectivity index (χ1n) is 4.90. The molecule has 1 aromatic carbocycles. The summed E-state index contributed by atoms with van der Waals surface area (Å²) >= 11 is 2.26. The van der Waals surface area contributed by atoms with E-state index in [0.717, 1.165) is 12.2 Å². The molecule has 0 radical (unpaired) electrons. The fourth-order valence-corrected chi connectivity index (χ4v) is 1.58. The Labute approximate surface area is 104 Å². The molecule has 3 N–H and O–H groups in total. The average molecular weight is 317 g/mol. The molecule has 0 unspecified atom stereocenters. The zero-order valence-electron chi connectivity index (χ0n) is 9.00. The van der Waals surface area contributed by atoms with E-state index in [1.165, 1.54) is 3.57 Å². The highest BCUT2D eigenvalue weighted by molar-refractivity contribution is 14.1. The topological polar surface area (TPSA) is 50.4 Å². The van der Waals surface area contributed by atoms with E-state index in [0.29, 0.717) is 11.9 Å². The molecule has 0 amide bonds. The number of halogens is 1. The molecule has 0 saturated heterocycles. The Kier molecular flexibility index (Phi) is 4.87. The maximum absolute atomic E-state index is 5.74. The second kappa shape index (κ2) is 5.95. The van der Waals surface area contributed by atoms with Crippen LogP contribution in [0.3, 0.4) is 0 Å². The molecule has 3 nitrogen and oxygen atoms in total. The first-order valence-corrected chi connectivity index (χ1v) is 5.98. The lowest BCUT2D eigenvalue weighted by Crippen LogP contribution is -2.23. The van der Waals surface area contributed by atoms with E-state index in [1.807, 2.05) is 24.3 Å². The van der Waals surface area contributed by atoms with Crippen molar-refractivity contribution in [2.24, 2.45) is 16.6 Å². The molecule has 0 spiro atoms. The van der Waals surface area contributed by atoms with E-state index in [4.69, 9.17) is 5.73 Å². The molecule has 0 saturated carbocycles. The highest BCUT2D eigenvalue weighted by atomic mass is 127. The number of rotatable bonds is 3. The van der Waals surface area contributed by atoms with Gasteiger partial charge in [0.1, 0.15) is 0 Å². The molecule has 4 heteroatoms. The molecule has 0 aromatic heterocycles. The fraction of sp³-hybridized carbons (Fsp3) is 0.364. The van der Waals surface area contributed by atoms with Gasteiger partial charge in [0.15, 0.2) is 5.96 Å². The molecule has 1 aromatic rings. The van der Waals surface area contributed by atoms with E-state index < -0.39 is 0 Å². The second-order valence-electron chi connectivity index (χ2n) is 3.76. The maximum Gasteiger partial charge on any atom is 0.193 e. The van der Waals surface area contributed by atoms with Crippen LogP contribution in [0.2, 0.25) is 0 Å². The van der Waals surface area contributed by atoms with E-state index in [2.05, 4.69) is 46.7 Å². The van der Waals surface area contributed by atoms with E-state index in [1.54, 1.807) is 0 Å². The van der Waals surface area contributed by atoms with Crippen LogP contribution in [-0.4, -0.2) is 12.5 Å². The molecule has 1 rings (SSSR count). The molecule has 0 aliphatic carbocycles. The Bertz CT molecular complexity index is 347. The van der Waals surface area contributed by atoms with Crippen molar-refractivity contribution in [3.8, 4) is 0 Å². The van der Waals surface area contributed by atoms with Crippen LogP contribution in [0.15, 0.2) is 29.3 Å². The van der Waals surface area contributed by atoms with Gasteiger partial charge in [0.05, 0.1) is 0 Å². The normalized spacial score (nSPS) is 11.9. The fourth-order valence-electron chi connectivity index (χ4n) is 1.03. The summed E-state index contributed by atoms with van der Waals surface area (Å²) in [5, 5.41) is 3.06. The predicted octanol–water partition coefficient (Wildman–Crippen LogP) is 2.67. The summed E-state index contributed by atoms with van der Waals surface area (Å²) < 4.78 is 1.18. The smallest absolute Gasteiger partial charge is 0.193 e. The highest BCUT2D eigenvalue weighted by Gasteiger charge is 1.96. The first kappa shape index (κ1) is 12.3. The first-order chi connectivity index (χ1) is 7.08. The largest absolute Gasteiger partial charge is 0.370 e. The minimum atomic E-state index is 0.478. The molecule has 0 atom stereocenters. The van der Waals surface area contributed by atoms with E-state index in [-0.39, 0.29) is 0 Å². The molecule has 0 heterocycles. The molecule has 15 heavy (non-hydrogen) atoms. The van der Waals surface area contributed by atoms with Crippen LogP contribution in [0, 0.1) is 9.49 Å². The van der Waals surface area contributed by atoms with Gasteiger partial charge in [-0.25, -0.2) is 0 Å². The number of aliphatic imine (C=N–C) groups is 1. The third-order valence-corrected chi connectivity index (χ3v) is 2.39. The van der Waals surface area contributed by atoms with Gasteiger partial charge < -0.3 is 11.1 Å². The molecule has 82 valence electrons. The maximum atomic E-state index is 5.74. The van der Waals surface area contributed by atoms with Gasteiger partial charge in [-0.2, -0.15) is 0 Å². The average Bonchev–Trinajstić information content (AvgIpc) is 2.15. The molecule has 0 aliphatic rings. The summed E-state index contributed by atoms with van der Waals surface area (Å²) in [6.45, 7) is 4.98. The van der Waals surface area contributed by atoms with Crippen molar-refractivity contribution < 1.29 is 0 Å². The Morgan fingerprint density at radius 2 is 2.27 bits per heavy atom. The van der Waals surface area contributed by atoms with Gasteiger partial charge >= 0.3 is 0 Å². The van der Waals surface area contributed by atoms with Crippen LogP contribution in [0.5, 0.6) is 0 Å². The summed E-state index contributed by atoms with van der Waals surface area (Å²) in [5.41, 5.74) is 6.72. The monoisotopic (exact) mass is 317 g/mol. The number of guanidine groups is 1. The standard InChI is InChI=1S/C11H16IN3/c1-8(2)7-14-11(13)15-10-5-3-4-9(12)6-10/h3-6,8H,7H2,1-2H3,(H3,13,14,15). The van der Waals surface area contributed by atoms with E-state index >= 15 is 0 Å². The van der Waals surface area contributed by atoms with Crippen molar-refractivity contribution in [3.05, 3.63) is 27.8 Å². The van der Waals surface area contributed by atoms with Crippen molar-refractivity contribution in [1.29, 1.82) is 0 Å². The SMILES string of the molecule is CC(C)CN=C(N)Nc1cccc(I)c1. The summed E-state index contributed by atoms with van der Waals surface area (Å²) in [5.74, 6) is 1.01. The van der Waals surface area contributed by atoms with Crippen LogP contribution in [0.4, 0.5) is 5.69 Å². The van der Waals surface area contributed by atoms with Crippen LogP contribution in [0.25, 0.3) is 0 Å². The van der Waals surface area contributed by atoms with Crippen LogP contribution in [-0.2, 0) is 0 Å². The van der Waals surface area contributed by atoms with Gasteiger partial charge in [-0.05, 0) is 46.7 Å². The number of nitrogens with zero attached hydrogens (tertiary/aromatic N) is 1. The van der Waals surface area contributed by atoms with E-state index in [9.17, 15) is 0 Å². The van der Waals surface area contributed by atoms with Gasteiger partial charge in [0.2, 0.25) is 0 Å². The van der Waals surface area contributed by atoms with Crippen molar-refractivity contribution in [1.82, 2.24) is 0 Å². The predicted molar refractivity (Wildman–Crippen MR) is 74.1 cm³/mol. The number of hydrogen-bond acceptors (Lipinski definition) is 1. The van der Waals surface area contributed by atoms with Crippen molar-refractivity contribution in [2.45, 2.75) is 13.8 Å². The molecular weight excluding hydrogens is 301 g/mol. The third-order valence-electron chi connectivity index (χ3n) is 1.72. The number of nitrogens with two attached hydrogens (primary N) is 1. The summed E-state index contributed by atoms with van der Waals surface area (Å²) in [6, 6.07) is 8.02.